The van der Waals surface area contributed by atoms with Gasteiger partial charge in [0.05, 0.1) is 4.92 Å². The van der Waals surface area contributed by atoms with Gasteiger partial charge < -0.3 is 11.1 Å². The van der Waals surface area contributed by atoms with Gasteiger partial charge in [0, 0.05) is 29.9 Å². The van der Waals surface area contributed by atoms with Crippen LogP contribution in [0.2, 0.25) is 0 Å². The second-order valence-electron chi connectivity index (χ2n) is 3.74. The molecule has 1 aromatic rings. The summed E-state index contributed by atoms with van der Waals surface area (Å²) >= 11 is 0. The molecule has 0 spiro atoms. The molecule has 3 N–H and O–H groups in total. The molecule has 0 heterocycles. The molecule has 1 rings (SSSR count). The molecule has 0 radical (unpaired) electrons. The van der Waals surface area contributed by atoms with Crippen LogP contribution < -0.4 is 11.1 Å². The molecule has 16 heavy (non-hydrogen) atoms. The standard InChI is InChI=1S/C11H17N3O2/c1-3-9(7-12)13-10-5-4-8(2)11(6-10)14(15)16/h4-6,9,13H,3,7,12H2,1-2H3. The Hall–Kier alpha value is -1.62. The van der Waals surface area contributed by atoms with E-state index in [4.69, 9.17) is 5.73 Å². The molecule has 5 nitrogen and oxygen atoms in total. The molecule has 5 heteroatoms. The summed E-state index contributed by atoms with van der Waals surface area (Å²) in [5.41, 5.74) is 7.11. The van der Waals surface area contributed by atoms with E-state index in [2.05, 4.69) is 5.32 Å². The first-order valence-electron chi connectivity index (χ1n) is 5.30. The van der Waals surface area contributed by atoms with Gasteiger partial charge in [-0.2, -0.15) is 0 Å². The summed E-state index contributed by atoms with van der Waals surface area (Å²) in [7, 11) is 0. The molecule has 0 aromatic heterocycles. The summed E-state index contributed by atoms with van der Waals surface area (Å²) in [4.78, 5) is 10.4. The van der Waals surface area contributed by atoms with Crippen LogP contribution >= 0.6 is 0 Å². The quantitative estimate of drug-likeness (QED) is 0.591. The molecular formula is C11H17N3O2. The zero-order valence-corrected chi connectivity index (χ0v) is 9.56. The Balaban J connectivity index is 2.90. The van der Waals surface area contributed by atoms with Gasteiger partial charge >= 0.3 is 0 Å². The number of benzene rings is 1. The molecular weight excluding hydrogens is 206 g/mol. The lowest BCUT2D eigenvalue weighted by atomic mass is 10.1. The lowest BCUT2D eigenvalue weighted by Gasteiger charge is -2.16. The van der Waals surface area contributed by atoms with Crippen molar-refractivity contribution in [3.8, 4) is 0 Å². The van der Waals surface area contributed by atoms with E-state index in [1.165, 1.54) is 0 Å². The average molecular weight is 223 g/mol. The second kappa shape index (κ2) is 5.46. The van der Waals surface area contributed by atoms with E-state index in [1.807, 2.05) is 13.0 Å². The first kappa shape index (κ1) is 12.4. The van der Waals surface area contributed by atoms with Crippen molar-refractivity contribution in [1.82, 2.24) is 0 Å². The van der Waals surface area contributed by atoms with Crippen LogP contribution in [0.1, 0.15) is 18.9 Å². The highest BCUT2D eigenvalue weighted by molar-refractivity contribution is 5.55. The third-order valence-electron chi connectivity index (χ3n) is 2.55. The van der Waals surface area contributed by atoms with Gasteiger partial charge in [-0.25, -0.2) is 0 Å². The molecule has 0 fully saturated rings. The van der Waals surface area contributed by atoms with Crippen molar-refractivity contribution in [2.75, 3.05) is 11.9 Å². The van der Waals surface area contributed by atoms with E-state index in [0.717, 1.165) is 12.1 Å². The van der Waals surface area contributed by atoms with E-state index < -0.39 is 0 Å². The lowest BCUT2D eigenvalue weighted by Crippen LogP contribution is -2.27. The first-order chi connectivity index (χ1) is 7.58. The molecule has 0 bridgehead atoms. The predicted octanol–water partition coefficient (Wildman–Crippen LogP) is 2.05. The molecule has 1 unspecified atom stereocenters. The Bertz CT molecular complexity index is 375. The average Bonchev–Trinajstić information content (AvgIpc) is 2.27. The molecule has 0 aliphatic heterocycles. The Morgan fingerprint density at radius 2 is 2.25 bits per heavy atom. The summed E-state index contributed by atoms with van der Waals surface area (Å²) in [6.45, 7) is 4.26. The normalized spacial score (nSPS) is 12.2. The largest absolute Gasteiger partial charge is 0.381 e. The third-order valence-corrected chi connectivity index (χ3v) is 2.55. The van der Waals surface area contributed by atoms with E-state index in [0.29, 0.717) is 12.1 Å². The van der Waals surface area contributed by atoms with Gasteiger partial charge in [-0.1, -0.05) is 13.0 Å². The van der Waals surface area contributed by atoms with Gasteiger partial charge in [-0.15, -0.1) is 0 Å². The van der Waals surface area contributed by atoms with Crippen LogP contribution in [0, 0.1) is 17.0 Å². The number of aryl methyl sites for hydroxylation is 1. The zero-order chi connectivity index (χ0) is 12.1. The van der Waals surface area contributed by atoms with Crippen molar-refractivity contribution in [2.45, 2.75) is 26.3 Å². The number of rotatable bonds is 5. The summed E-state index contributed by atoms with van der Waals surface area (Å²) in [6.07, 6.45) is 0.887. The maximum atomic E-state index is 10.8. The molecule has 0 saturated carbocycles. The lowest BCUT2D eigenvalue weighted by molar-refractivity contribution is -0.385. The van der Waals surface area contributed by atoms with Gasteiger partial charge in [-0.05, 0) is 19.4 Å². The topological polar surface area (TPSA) is 81.2 Å². The summed E-state index contributed by atoms with van der Waals surface area (Å²) in [6, 6.07) is 5.28. The Morgan fingerprint density at radius 3 is 2.75 bits per heavy atom. The van der Waals surface area contributed by atoms with Crippen LogP contribution in [-0.2, 0) is 0 Å². The maximum Gasteiger partial charge on any atom is 0.274 e. The SMILES string of the molecule is CCC(CN)Nc1ccc(C)c([N+](=O)[O-])c1. The van der Waals surface area contributed by atoms with Gasteiger partial charge in [-0.3, -0.25) is 10.1 Å². The number of anilines is 1. The highest BCUT2D eigenvalue weighted by atomic mass is 16.6. The highest BCUT2D eigenvalue weighted by Gasteiger charge is 2.12. The van der Waals surface area contributed by atoms with Gasteiger partial charge in [0.15, 0.2) is 0 Å². The molecule has 0 aliphatic rings. The molecule has 0 saturated heterocycles. The summed E-state index contributed by atoms with van der Waals surface area (Å²) in [5.74, 6) is 0. The second-order valence-corrected chi connectivity index (χ2v) is 3.74. The van der Waals surface area contributed by atoms with Crippen LogP contribution in [0.4, 0.5) is 11.4 Å². The van der Waals surface area contributed by atoms with Crippen LogP contribution in [0.25, 0.3) is 0 Å². The number of nitro benzene ring substituents is 1. The number of nitro groups is 1. The van der Waals surface area contributed by atoms with E-state index in [-0.39, 0.29) is 16.7 Å². The fourth-order valence-corrected chi connectivity index (χ4v) is 1.46. The van der Waals surface area contributed by atoms with Crippen molar-refractivity contribution < 1.29 is 4.92 Å². The maximum absolute atomic E-state index is 10.8. The fraction of sp³-hybridized carbons (Fsp3) is 0.455. The van der Waals surface area contributed by atoms with Crippen LogP contribution in [0.3, 0.4) is 0 Å². The number of nitrogens with one attached hydrogen (secondary N) is 1. The van der Waals surface area contributed by atoms with Gasteiger partial charge in [0.25, 0.3) is 5.69 Å². The summed E-state index contributed by atoms with van der Waals surface area (Å²) in [5, 5.41) is 13.9. The zero-order valence-electron chi connectivity index (χ0n) is 9.56. The molecule has 0 amide bonds. The summed E-state index contributed by atoms with van der Waals surface area (Å²) < 4.78 is 0. The first-order valence-corrected chi connectivity index (χ1v) is 5.30. The minimum Gasteiger partial charge on any atom is -0.381 e. The molecule has 1 atom stereocenters. The minimum atomic E-state index is -0.371. The van der Waals surface area contributed by atoms with Crippen molar-refractivity contribution in [1.29, 1.82) is 0 Å². The van der Waals surface area contributed by atoms with Gasteiger partial charge in [0.2, 0.25) is 0 Å². The monoisotopic (exact) mass is 223 g/mol. The fourth-order valence-electron chi connectivity index (χ4n) is 1.46. The Labute approximate surface area is 94.8 Å². The number of hydrogen-bond donors (Lipinski definition) is 2. The van der Waals surface area contributed by atoms with Crippen LogP contribution in [-0.4, -0.2) is 17.5 Å². The number of nitrogens with zero attached hydrogens (tertiary/aromatic N) is 1. The Kier molecular flexibility index (Phi) is 4.25. The van der Waals surface area contributed by atoms with Gasteiger partial charge in [0.1, 0.15) is 0 Å². The third kappa shape index (κ3) is 2.93. The van der Waals surface area contributed by atoms with Crippen molar-refractivity contribution >= 4 is 11.4 Å². The van der Waals surface area contributed by atoms with E-state index in [9.17, 15) is 10.1 Å². The number of hydrogen-bond acceptors (Lipinski definition) is 4. The van der Waals surface area contributed by atoms with E-state index >= 15 is 0 Å². The highest BCUT2D eigenvalue weighted by Crippen LogP contribution is 2.22. The number of nitrogens with two attached hydrogens (primary N) is 1. The Morgan fingerprint density at radius 1 is 1.56 bits per heavy atom. The molecule has 1 aromatic carbocycles. The molecule has 88 valence electrons. The van der Waals surface area contributed by atoms with Crippen LogP contribution in [0.15, 0.2) is 18.2 Å². The van der Waals surface area contributed by atoms with Crippen molar-refractivity contribution in [3.05, 3.63) is 33.9 Å². The molecule has 0 aliphatic carbocycles. The minimum absolute atomic E-state index is 0.136. The smallest absolute Gasteiger partial charge is 0.274 e. The van der Waals surface area contributed by atoms with Crippen LogP contribution in [0.5, 0.6) is 0 Å². The predicted molar refractivity (Wildman–Crippen MR) is 64.6 cm³/mol. The van der Waals surface area contributed by atoms with Crippen molar-refractivity contribution in [3.63, 3.8) is 0 Å². The van der Waals surface area contributed by atoms with E-state index in [1.54, 1.807) is 19.1 Å². The van der Waals surface area contributed by atoms with Crippen molar-refractivity contribution in [2.24, 2.45) is 5.73 Å².